The van der Waals surface area contributed by atoms with Gasteiger partial charge in [0.25, 0.3) is 0 Å². The highest BCUT2D eigenvalue weighted by Crippen LogP contribution is 2.21. The predicted octanol–water partition coefficient (Wildman–Crippen LogP) is 2.69. The number of hydrogen-bond donors (Lipinski definition) is 1. The number of benzene rings is 1. The van der Waals surface area contributed by atoms with Gasteiger partial charge in [-0.05, 0) is 55.7 Å². The molecule has 1 aliphatic rings. The number of carbonyl (C=O) groups is 2. The Bertz CT molecular complexity index is 1020. The van der Waals surface area contributed by atoms with Gasteiger partial charge in [-0.25, -0.2) is 4.98 Å². The van der Waals surface area contributed by atoms with Crippen LogP contribution in [-0.2, 0) is 23.1 Å². The molecular weight excluding hydrogens is 366 g/mol. The van der Waals surface area contributed by atoms with Gasteiger partial charge in [0.05, 0.1) is 6.42 Å². The van der Waals surface area contributed by atoms with Crippen LogP contribution in [0.1, 0.15) is 24.2 Å². The van der Waals surface area contributed by atoms with E-state index in [-0.39, 0.29) is 11.8 Å². The molecular formula is C22H25N5O2. The van der Waals surface area contributed by atoms with E-state index in [1.54, 1.807) is 11.1 Å². The van der Waals surface area contributed by atoms with Crippen molar-refractivity contribution in [3.63, 3.8) is 0 Å². The van der Waals surface area contributed by atoms with Crippen molar-refractivity contribution in [2.45, 2.75) is 32.2 Å². The lowest BCUT2D eigenvalue weighted by Gasteiger charge is -2.24. The molecule has 3 aromatic rings. The van der Waals surface area contributed by atoms with Gasteiger partial charge in [-0.3, -0.25) is 9.59 Å². The predicted molar refractivity (Wildman–Crippen MR) is 111 cm³/mol. The maximum absolute atomic E-state index is 12.8. The number of amides is 2. The van der Waals surface area contributed by atoms with Crippen LogP contribution in [-0.4, -0.2) is 43.4 Å². The number of anilines is 1. The standard InChI is InChI=1S/C22H25N5O2/c1-16-23-10-13-26(16)19-7-5-18(6-8-19)24-22(29)20-4-3-11-27(20)21(28)14-17-9-12-25(2)15-17/h5-10,12-13,15,20H,3-4,11,14H2,1-2H3,(H,24,29). The lowest BCUT2D eigenvalue weighted by Crippen LogP contribution is -2.43. The second-order valence-electron chi connectivity index (χ2n) is 7.49. The van der Waals surface area contributed by atoms with Crippen molar-refractivity contribution in [2.24, 2.45) is 7.05 Å². The molecule has 1 fully saturated rings. The zero-order valence-corrected chi connectivity index (χ0v) is 16.7. The minimum Gasteiger partial charge on any atom is -0.357 e. The van der Waals surface area contributed by atoms with Gasteiger partial charge in [0.2, 0.25) is 11.8 Å². The van der Waals surface area contributed by atoms with E-state index in [9.17, 15) is 9.59 Å². The molecule has 1 aliphatic heterocycles. The average molecular weight is 391 g/mol. The zero-order chi connectivity index (χ0) is 20.4. The van der Waals surface area contributed by atoms with Crippen molar-refractivity contribution in [1.29, 1.82) is 0 Å². The highest BCUT2D eigenvalue weighted by atomic mass is 16.2. The lowest BCUT2D eigenvalue weighted by molar-refractivity contribution is -0.136. The van der Waals surface area contributed by atoms with E-state index in [2.05, 4.69) is 10.3 Å². The summed E-state index contributed by atoms with van der Waals surface area (Å²) >= 11 is 0. The van der Waals surface area contributed by atoms with E-state index in [4.69, 9.17) is 0 Å². The zero-order valence-electron chi connectivity index (χ0n) is 16.7. The summed E-state index contributed by atoms with van der Waals surface area (Å²) in [5.74, 6) is 0.774. The van der Waals surface area contributed by atoms with E-state index in [1.807, 2.05) is 72.0 Å². The van der Waals surface area contributed by atoms with Crippen molar-refractivity contribution >= 4 is 17.5 Å². The van der Waals surface area contributed by atoms with Gasteiger partial charge in [0.1, 0.15) is 11.9 Å². The van der Waals surface area contributed by atoms with Crippen molar-refractivity contribution in [3.05, 3.63) is 66.5 Å². The Morgan fingerprint density at radius 1 is 1.17 bits per heavy atom. The first-order chi connectivity index (χ1) is 14.0. The monoisotopic (exact) mass is 391 g/mol. The van der Waals surface area contributed by atoms with Crippen LogP contribution in [0, 0.1) is 6.92 Å². The molecule has 0 saturated carbocycles. The topological polar surface area (TPSA) is 72.2 Å². The summed E-state index contributed by atoms with van der Waals surface area (Å²) in [6.07, 6.45) is 9.38. The summed E-state index contributed by atoms with van der Waals surface area (Å²) in [7, 11) is 1.93. The number of carbonyl (C=O) groups excluding carboxylic acids is 2. The summed E-state index contributed by atoms with van der Waals surface area (Å²) in [5.41, 5.74) is 2.67. The molecule has 1 saturated heterocycles. The number of rotatable bonds is 5. The molecule has 1 unspecified atom stereocenters. The van der Waals surface area contributed by atoms with Crippen LogP contribution >= 0.6 is 0 Å². The summed E-state index contributed by atoms with van der Waals surface area (Å²) < 4.78 is 3.90. The number of imidazole rings is 1. The fourth-order valence-electron chi connectivity index (χ4n) is 3.86. The number of nitrogens with zero attached hydrogens (tertiary/aromatic N) is 4. The van der Waals surface area contributed by atoms with Crippen LogP contribution in [0.15, 0.2) is 55.1 Å². The molecule has 0 radical (unpaired) electrons. The number of aromatic nitrogens is 3. The van der Waals surface area contributed by atoms with Gasteiger partial charge in [-0.15, -0.1) is 0 Å². The van der Waals surface area contributed by atoms with E-state index < -0.39 is 6.04 Å². The minimum absolute atomic E-state index is 0.000203. The fourth-order valence-corrected chi connectivity index (χ4v) is 3.86. The third-order valence-electron chi connectivity index (χ3n) is 5.36. The molecule has 4 rings (SSSR count). The first-order valence-corrected chi connectivity index (χ1v) is 9.83. The second-order valence-corrected chi connectivity index (χ2v) is 7.49. The first-order valence-electron chi connectivity index (χ1n) is 9.83. The Balaban J connectivity index is 1.40. The van der Waals surface area contributed by atoms with Gasteiger partial charge in [0, 0.05) is 49.8 Å². The van der Waals surface area contributed by atoms with Crippen molar-refractivity contribution in [2.75, 3.05) is 11.9 Å². The third-order valence-corrected chi connectivity index (χ3v) is 5.36. The SMILES string of the molecule is Cc1nccn1-c1ccc(NC(=O)C2CCCN2C(=O)Cc2ccn(C)c2)cc1. The van der Waals surface area contributed by atoms with E-state index >= 15 is 0 Å². The van der Waals surface area contributed by atoms with Crippen LogP contribution < -0.4 is 5.32 Å². The molecule has 1 N–H and O–H groups in total. The molecule has 0 bridgehead atoms. The Hall–Kier alpha value is -3.35. The Labute approximate surface area is 170 Å². The van der Waals surface area contributed by atoms with Gasteiger partial charge in [0.15, 0.2) is 0 Å². The van der Waals surface area contributed by atoms with E-state index in [0.717, 1.165) is 29.2 Å². The molecule has 29 heavy (non-hydrogen) atoms. The minimum atomic E-state index is -0.415. The number of aryl methyl sites for hydroxylation is 2. The largest absolute Gasteiger partial charge is 0.357 e. The molecule has 7 heteroatoms. The van der Waals surface area contributed by atoms with Crippen molar-refractivity contribution in [3.8, 4) is 5.69 Å². The smallest absolute Gasteiger partial charge is 0.247 e. The normalized spacial score (nSPS) is 16.2. The van der Waals surface area contributed by atoms with E-state index in [0.29, 0.717) is 19.4 Å². The Morgan fingerprint density at radius 2 is 1.97 bits per heavy atom. The second kappa shape index (κ2) is 7.95. The van der Waals surface area contributed by atoms with E-state index in [1.165, 1.54) is 0 Å². The van der Waals surface area contributed by atoms with Gasteiger partial charge < -0.3 is 19.4 Å². The summed E-state index contributed by atoms with van der Waals surface area (Å²) in [4.78, 5) is 31.5. The number of nitrogens with one attached hydrogen (secondary N) is 1. The van der Waals surface area contributed by atoms with Crippen LogP contribution in [0.5, 0.6) is 0 Å². The van der Waals surface area contributed by atoms with Crippen LogP contribution in [0.25, 0.3) is 5.69 Å². The number of likely N-dealkylation sites (tertiary alicyclic amines) is 1. The van der Waals surface area contributed by atoms with Gasteiger partial charge in [-0.2, -0.15) is 0 Å². The molecule has 7 nitrogen and oxygen atoms in total. The maximum Gasteiger partial charge on any atom is 0.247 e. The molecule has 0 spiro atoms. The molecule has 3 heterocycles. The summed E-state index contributed by atoms with van der Waals surface area (Å²) in [6, 6.07) is 9.15. The van der Waals surface area contributed by atoms with Gasteiger partial charge >= 0.3 is 0 Å². The van der Waals surface area contributed by atoms with Crippen LogP contribution in [0.4, 0.5) is 5.69 Å². The van der Waals surface area contributed by atoms with Gasteiger partial charge in [-0.1, -0.05) is 0 Å². The molecule has 150 valence electrons. The third kappa shape index (κ3) is 4.08. The summed E-state index contributed by atoms with van der Waals surface area (Å²) in [6.45, 7) is 2.57. The fraction of sp³-hybridized carbons (Fsp3) is 0.318. The highest BCUT2D eigenvalue weighted by Gasteiger charge is 2.34. The molecule has 1 atom stereocenters. The summed E-state index contributed by atoms with van der Waals surface area (Å²) in [5, 5.41) is 2.96. The average Bonchev–Trinajstić information content (AvgIpc) is 3.43. The Kier molecular flexibility index (Phi) is 5.20. The lowest BCUT2D eigenvalue weighted by atomic mass is 10.1. The maximum atomic E-state index is 12.8. The highest BCUT2D eigenvalue weighted by molar-refractivity contribution is 5.97. The van der Waals surface area contributed by atoms with Crippen molar-refractivity contribution < 1.29 is 9.59 Å². The quantitative estimate of drug-likeness (QED) is 0.727. The van der Waals surface area contributed by atoms with Crippen molar-refractivity contribution in [1.82, 2.24) is 19.0 Å². The Morgan fingerprint density at radius 3 is 2.62 bits per heavy atom. The molecule has 2 aromatic heterocycles. The molecule has 1 aromatic carbocycles. The number of hydrogen-bond acceptors (Lipinski definition) is 3. The molecule has 0 aliphatic carbocycles. The first kappa shape index (κ1) is 19.0. The van der Waals surface area contributed by atoms with Crippen LogP contribution in [0.3, 0.4) is 0 Å². The molecule has 2 amide bonds. The van der Waals surface area contributed by atoms with Crippen LogP contribution in [0.2, 0.25) is 0 Å².